The van der Waals surface area contributed by atoms with Crippen LogP contribution < -0.4 is 44.8 Å². The summed E-state index contributed by atoms with van der Waals surface area (Å²) >= 11 is 1.92. The van der Waals surface area contributed by atoms with Gasteiger partial charge in [-0.15, -0.1) is 11.3 Å². The second-order valence-electron chi connectivity index (χ2n) is 41.8. The number of likely N-dealkylation sites (tertiary alicyclic amines) is 2. The number of aryl methyl sites for hydroxylation is 11. The smallest absolute Gasteiger partial charge is 0.128 e. The first-order valence-electron chi connectivity index (χ1n) is 54.2. The summed E-state index contributed by atoms with van der Waals surface area (Å²) in [5.74, 6) is 2.87. The van der Waals surface area contributed by atoms with Gasteiger partial charge in [0.2, 0.25) is 0 Å². The number of nitrogens with zero attached hydrogens (tertiary/aromatic N) is 12. The Labute approximate surface area is 853 Å². The van der Waals surface area contributed by atoms with Crippen molar-refractivity contribution in [3.63, 3.8) is 0 Å². The fourth-order valence-corrected chi connectivity index (χ4v) is 20.3. The van der Waals surface area contributed by atoms with Gasteiger partial charge < -0.3 is 59.5 Å². The molecule has 10 aromatic rings. The van der Waals surface area contributed by atoms with Crippen LogP contribution >= 0.6 is 11.3 Å². The van der Waals surface area contributed by atoms with Gasteiger partial charge in [-0.3, -0.25) is 9.88 Å². The summed E-state index contributed by atoms with van der Waals surface area (Å²) in [5, 5.41) is 8.34. The molecular formula is C123H183FN14OS. The Hall–Kier alpha value is -9.17. The van der Waals surface area contributed by atoms with Crippen LogP contribution in [0.3, 0.4) is 0 Å². The van der Waals surface area contributed by atoms with Gasteiger partial charge >= 0.3 is 0 Å². The summed E-state index contributed by atoms with van der Waals surface area (Å²) in [6, 6.07) is 75.6. The first-order chi connectivity index (χ1) is 67.8. The summed E-state index contributed by atoms with van der Waals surface area (Å²) in [6.45, 7) is 54.1. The van der Waals surface area contributed by atoms with E-state index in [1.165, 1.54) is 289 Å². The molecule has 1 aliphatic carbocycles. The van der Waals surface area contributed by atoms with Gasteiger partial charge in [0.1, 0.15) is 23.8 Å². The highest BCUT2D eigenvalue weighted by atomic mass is 32.1. The molecule has 3 aromatic heterocycles. The summed E-state index contributed by atoms with van der Waals surface area (Å²) < 4.78 is 19.3. The molecule has 1 saturated carbocycles. The standard InChI is InChI=1S/C15H22FNO.C14H21N.C13H20N2.C13H19N.C13H18.C12H17N.C12H19N.C11H17N3.C10H15N3.C10H15NS/c1-13-3-5-14(6-4-13)18-12-11-17-9-7-15(2,16)8-10-17;1-13-5-7-14(8-6-13)9-12-15-10-3-2-4-11-15;1-10-4-6-13(7-5-10)15-8-11(2)14-12(3)9-15;1-12-6-8-13(9-7-12)14-10-4-2-3-5-11-14;1-11-7-9-13(10-8-11)12-5-3-2-4-6-12;1-11-6-5-7-12(10-11)13-8-3-2-4-9-13;1-11-6-8-12(9-7-11)5-4-10-13(2)3;1-10-3-4-11(9-12-10)14-7-5-13(2)6-8-14;1-9-2-3-10(12-8-9)13-6-4-11-5-7-13;1-9-5-6-10(12-9)11-7-3-2-4-8-11/h3-6H,7-12H2,1-2H3;5-8H,2-4,9-12H2,1H3;4-7,11-12,14H,8-9H2,1-3H3;6-9H,2-5,10-11H2,1H3;7-10,12H,2-6H2,1H3;5-7,10H,2-4,8-9H2,1H3;6-9H,4-5,10H2,1-3H3;3-4,9H,5-8H2,1-2H3;2-3,8,11H,4-7H2,1H3;5-6H,2-4,7-8H2,1H3. The van der Waals surface area contributed by atoms with E-state index in [9.17, 15) is 4.39 Å². The Morgan fingerprint density at radius 2 is 0.857 bits per heavy atom. The van der Waals surface area contributed by atoms with E-state index < -0.39 is 5.67 Å². The third-order valence-electron chi connectivity index (χ3n) is 28.4. The first kappa shape index (κ1) is 113. The molecule has 0 spiro atoms. The van der Waals surface area contributed by atoms with Crippen LogP contribution in [0.15, 0.2) is 219 Å². The SMILES string of the molecule is Cc1ccc(C2CCCCC2)cc1.Cc1ccc(CCCN(C)C)cc1.Cc1ccc(CCN2CCCCC2)cc1.Cc1ccc(N2CC(C)NC(C)C2)cc1.Cc1ccc(N2CCCCC2)s1.Cc1ccc(N2CCCCCC2)cc1.Cc1ccc(N2CCN(C)CC2)cn1.Cc1ccc(N2CCNCC2)nc1.Cc1ccc(OCCN2CCC(C)(F)CC2)cc1.Cc1cccc(N2CCCCC2)c1. The van der Waals surface area contributed by atoms with Gasteiger partial charge in [-0.25, -0.2) is 9.37 Å². The molecule has 0 radical (unpaired) electrons. The molecule has 7 aromatic carbocycles. The minimum absolute atomic E-state index is 0.579. The summed E-state index contributed by atoms with van der Waals surface area (Å²) in [5.41, 5.74) is 20.6. The van der Waals surface area contributed by atoms with Crippen molar-refractivity contribution >= 4 is 44.9 Å². The molecule has 140 heavy (non-hydrogen) atoms. The minimum atomic E-state index is -0.964. The predicted octanol–water partition coefficient (Wildman–Crippen LogP) is 26.3. The number of hydrogen-bond acceptors (Lipinski definition) is 16. The van der Waals surface area contributed by atoms with Gasteiger partial charge in [0.05, 0.1) is 16.9 Å². The van der Waals surface area contributed by atoms with Crippen molar-refractivity contribution < 1.29 is 9.13 Å². The third-order valence-corrected chi connectivity index (χ3v) is 29.5. The molecule has 15 nitrogen and oxygen atoms in total. The molecule has 9 fully saturated rings. The lowest BCUT2D eigenvalue weighted by molar-refractivity contribution is 0.0669. The maximum Gasteiger partial charge on any atom is 0.128 e. The average Bonchev–Trinajstić information content (AvgIpc) is 1.07. The largest absolute Gasteiger partial charge is 0.492 e. The number of nitrogens with one attached hydrogen (secondary N) is 2. The van der Waals surface area contributed by atoms with E-state index in [0.717, 1.165) is 108 Å². The Morgan fingerprint density at radius 1 is 0.400 bits per heavy atom. The molecule has 19 rings (SSSR count). The lowest BCUT2D eigenvalue weighted by Gasteiger charge is -2.37. The van der Waals surface area contributed by atoms with Crippen LogP contribution in [0.1, 0.15) is 233 Å². The fourth-order valence-electron chi connectivity index (χ4n) is 19.3. The molecule has 2 N–H and O–H groups in total. The second kappa shape index (κ2) is 63.1. The van der Waals surface area contributed by atoms with Crippen molar-refractivity contribution in [1.82, 2.24) is 40.2 Å². The van der Waals surface area contributed by atoms with Crippen molar-refractivity contribution in [2.45, 2.75) is 261 Å². The summed E-state index contributed by atoms with van der Waals surface area (Å²) in [7, 11) is 6.41. The van der Waals surface area contributed by atoms with Crippen LogP contribution in [0.2, 0.25) is 0 Å². The topological polar surface area (TPSA) is 91.5 Å². The molecule has 8 saturated heterocycles. The Kier molecular flexibility index (Phi) is 50.8. The lowest BCUT2D eigenvalue weighted by Crippen LogP contribution is -2.54. The number of hydrogen-bond donors (Lipinski definition) is 2. The van der Waals surface area contributed by atoms with Crippen molar-refractivity contribution in [2.75, 3.05) is 208 Å². The maximum absolute atomic E-state index is 13.6. The van der Waals surface area contributed by atoms with E-state index in [-0.39, 0.29) is 0 Å². The number of halogens is 1. The Balaban J connectivity index is 0.000000160. The number of pyridine rings is 2. The molecule has 8 aliphatic heterocycles. The van der Waals surface area contributed by atoms with Crippen LogP contribution in [-0.4, -0.2) is 226 Å². The fraction of sp³-hybridized carbons (Fsp3) is 0.545. The number of aromatic nitrogens is 2. The van der Waals surface area contributed by atoms with E-state index in [2.05, 4.69) is 349 Å². The van der Waals surface area contributed by atoms with E-state index in [0.29, 0.717) is 31.5 Å². The van der Waals surface area contributed by atoms with Crippen LogP contribution in [0.25, 0.3) is 0 Å². The second-order valence-corrected chi connectivity index (χ2v) is 43.1. The van der Waals surface area contributed by atoms with Crippen molar-refractivity contribution in [1.29, 1.82) is 0 Å². The molecule has 764 valence electrons. The van der Waals surface area contributed by atoms with E-state index in [4.69, 9.17) is 4.74 Å². The number of ether oxygens (including phenoxy) is 1. The minimum Gasteiger partial charge on any atom is -0.492 e. The van der Waals surface area contributed by atoms with Crippen LogP contribution in [0, 0.1) is 69.2 Å². The van der Waals surface area contributed by atoms with E-state index in [1.54, 1.807) is 12.5 Å². The zero-order valence-electron chi connectivity index (χ0n) is 89.8. The molecule has 0 amide bonds. The molecule has 11 heterocycles. The number of thiophene rings is 1. The number of rotatable bonds is 18. The number of piperidine rings is 4. The van der Waals surface area contributed by atoms with E-state index >= 15 is 0 Å². The molecule has 2 atom stereocenters. The van der Waals surface area contributed by atoms with Gasteiger partial charge in [-0.2, -0.15) is 0 Å². The van der Waals surface area contributed by atoms with Gasteiger partial charge in [0, 0.05) is 177 Å². The monoisotopic (exact) mass is 1920 g/mol. The number of benzene rings is 7. The number of anilines is 6. The van der Waals surface area contributed by atoms with Crippen LogP contribution in [0.4, 0.5) is 38.0 Å². The average molecular weight is 1920 g/mol. The third kappa shape index (κ3) is 44.4. The molecule has 2 unspecified atom stereocenters. The first-order valence-corrected chi connectivity index (χ1v) is 55.0. The maximum atomic E-state index is 13.6. The van der Waals surface area contributed by atoms with E-state index in [1.807, 2.05) is 54.9 Å². The van der Waals surface area contributed by atoms with Gasteiger partial charge in [-0.1, -0.05) is 199 Å². The van der Waals surface area contributed by atoms with Crippen LogP contribution in [0.5, 0.6) is 5.75 Å². The normalized spacial score (nSPS) is 18.5. The zero-order chi connectivity index (χ0) is 99.5. The van der Waals surface area contributed by atoms with Crippen molar-refractivity contribution in [3.8, 4) is 5.75 Å². The van der Waals surface area contributed by atoms with Gasteiger partial charge in [0.25, 0.3) is 0 Å². The quantitative estimate of drug-likeness (QED) is 0.0854. The predicted molar refractivity (Wildman–Crippen MR) is 605 cm³/mol. The summed E-state index contributed by atoms with van der Waals surface area (Å²) in [4.78, 5) is 34.3. The number of alkyl halides is 1. The highest BCUT2D eigenvalue weighted by molar-refractivity contribution is 7.16. The zero-order valence-corrected chi connectivity index (χ0v) is 90.6. The van der Waals surface area contributed by atoms with Gasteiger partial charge in [-0.05, 0) is 353 Å². The highest BCUT2D eigenvalue weighted by Crippen LogP contribution is 2.34. The Morgan fingerprint density at radius 3 is 1.36 bits per heavy atom. The number of piperazine rings is 3. The summed E-state index contributed by atoms with van der Waals surface area (Å²) in [6.07, 6.45) is 34.0. The molecule has 17 heteroatoms. The molecule has 0 bridgehead atoms. The molecule has 9 aliphatic rings. The number of likely N-dealkylation sites (N-methyl/N-ethyl adjacent to an activating group) is 1. The van der Waals surface area contributed by atoms with Crippen LogP contribution in [-0.2, 0) is 12.8 Å². The van der Waals surface area contributed by atoms with Gasteiger partial charge in [0.15, 0.2) is 0 Å². The molecular weight excluding hydrogens is 1740 g/mol. The highest BCUT2D eigenvalue weighted by Gasteiger charge is 2.30. The Bertz CT molecular complexity index is 4790. The van der Waals surface area contributed by atoms with Crippen molar-refractivity contribution in [3.05, 3.63) is 290 Å². The van der Waals surface area contributed by atoms with Crippen molar-refractivity contribution in [2.24, 2.45) is 0 Å². The lowest BCUT2D eigenvalue weighted by atomic mass is 9.84.